The van der Waals surface area contributed by atoms with Gasteiger partial charge in [-0.3, -0.25) is 4.79 Å². The molecule has 0 radical (unpaired) electrons. The maximum Gasteiger partial charge on any atom is 0.308 e. The number of nitrogens with zero attached hydrogens (tertiary/aromatic N) is 2. The molecule has 1 aromatic carbocycles. The Kier molecular flexibility index (Phi) is 2.91. The van der Waals surface area contributed by atoms with Gasteiger partial charge in [0.25, 0.3) is 0 Å². The van der Waals surface area contributed by atoms with Crippen LogP contribution in [-0.2, 0) is 4.79 Å². The first kappa shape index (κ1) is 11.5. The molecule has 1 atom stereocenters. The lowest BCUT2D eigenvalue weighted by molar-refractivity contribution is -0.141. The molecular weight excluding hydrogens is 248 g/mol. The van der Waals surface area contributed by atoms with Crippen molar-refractivity contribution in [3.8, 4) is 0 Å². The van der Waals surface area contributed by atoms with Crippen LogP contribution in [0.25, 0.3) is 10.2 Å². The number of carboxylic acid groups (broad SMARTS) is 1. The van der Waals surface area contributed by atoms with Gasteiger partial charge in [0.1, 0.15) is 0 Å². The van der Waals surface area contributed by atoms with Crippen molar-refractivity contribution in [3.05, 3.63) is 24.3 Å². The number of rotatable bonds is 2. The van der Waals surface area contributed by atoms with Crippen molar-refractivity contribution in [3.63, 3.8) is 0 Å². The van der Waals surface area contributed by atoms with Crippen molar-refractivity contribution in [1.29, 1.82) is 0 Å². The molecule has 0 bridgehead atoms. The number of aliphatic carboxylic acids is 1. The van der Waals surface area contributed by atoms with Gasteiger partial charge in [-0.2, -0.15) is 0 Å². The Bertz CT molecular complexity index is 548. The Morgan fingerprint density at radius 2 is 2.28 bits per heavy atom. The summed E-state index contributed by atoms with van der Waals surface area (Å²) in [4.78, 5) is 17.7. The zero-order valence-corrected chi connectivity index (χ0v) is 10.7. The highest BCUT2D eigenvalue weighted by Crippen LogP contribution is 2.31. The van der Waals surface area contributed by atoms with E-state index in [0.717, 1.165) is 34.7 Å². The maximum atomic E-state index is 11.1. The first-order valence-corrected chi connectivity index (χ1v) is 6.89. The minimum Gasteiger partial charge on any atom is -0.481 e. The lowest BCUT2D eigenvalue weighted by Gasteiger charge is -2.30. The highest BCUT2D eigenvalue weighted by atomic mass is 32.1. The van der Waals surface area contributed by atoms with E-state index in [-0.39, 0.29) is 5.92 Å². The molecule has 2 aromatic rings. The Hall–Kier alpha value is -1.62. The topological polar surface area (TPSA) is 53.4 Å². The van der Waals surface area contributed by atoms with Gasteiger partial charge in [0.15, 0.2) is 5.13 Å². The third-order valence-electron chi connectivity index (χ3n) is 3.32. The first-order chi connectivity index (χ1) is 8.74. The van der Waals surface area contributed by atoms with Crippen LogP contribution in [0.2, 0.25) is 0 Å². The minimum absolute atomic E-state index is 0.259. The van der Waals surface area contributed by atoms with Crippen LogP contribution >= 0.6 is 11.3 Å². The normalized spacial score (nSPS) is 20.2. The molecule has 0 spiro atoms. The molecule has 2 heterocycles. The molecule has 1 N–H and O–H groups in total. The summed E-state index contributed by atoms with van der Waals surface area (Å²) >= 11 is 1.64. The summed E-state index contributed by atoms with van der Waals surface area (Å²) in [6.07, 6.45) is 1.70. The van der Waals surface area contributed by atoms with Crippen molar-refractivity contribution in [2.75, 3.05) is 18.0 Å². The molecule has 1 saturated heterocycles. The summed E-state index contributed by atoms with van der Waals surface area (Å²) in [5.74, 6) is -0.952. The summed E-state index contributed by atoms with van der Waals surface area (Å²) in [5, 5.41) is 10.0. The van der Waals surface area contributed by atoms with Crippen molar-refractivity contribution >= 4 is 32.7 Å². The largest absolute Gasteiger partial charge is 0.481 e. The lowest BCUT2D eigenvalue weighted by atomic mass is 9.99. The summed E-state index contributed by atoms with van der Waals surface area (Å²) in [7, 11) is 0. The number of carbonyl (C=O) groups is 1. The van der Waals surface area contributed by atoms with E-state index in [4.69, 9.17) is 5.11 Å². The zero-order valence-electron chi connectivity index (χ0n) is 9.87. The SMILES string of the molecule is O=C(O)[C@H]1CCCN(c2nc3ccccc3s2)C1. The molecule has 0 aliphatic carbocycles. The first-order valence-electron chi connectivity index (χ1n) is 6.07. The number of para-hydroxylation sites is 1. The Balaban J connectivity index is 1.87. The summed E-state index contributed by atoms with van der Waals surface area (Å²) < 4.78 is 1.16. The van der Waals surface area contributed by atoms with Crippen LogP contribution < -0.4 is 4.90 Å². The monoisotopic (exact) mass is 262 g/mol. The van der Waals surface area contributed by atoms with E-state index in [1.54, 1.807) is 11.3 Å². The van der Waals surface area contributed by atoms with Crippen molar-refractivity contribution in [1.82, 2.24) is 4.98 Å². The van der Waals surface area contributed by atoms with Crippen molar-refractivity contribution in [2.24, 2.45) is 5.92 Å². The molecule has 3 rings (SSSR count). The molecule has 1 aliphatic rings. The fourth-order valence-corrected chi connectivity index (χ4v) is 3.35. The smallest absolute Gasteiger partial charge is 0.308 e. The van der Waals surface area contributed by atoms with Crippen LogP contribution in [0.4, 0.5) is 5.13 Å². The number of anilines is 1. The van der Waals surface area contributed by atoms with Gasteiger partial charge in [0.2, 0.25) is 0 Å². The maximum absolute atomic E-state index is 11.1. The Morgan fingerprint density at radius 3 is 3.06 bits per heavy atom. The van der Waals surface area contributed by atoms with Crippen LogP contribution in [-0.4, -0.2) is 29.1 Å². The van der Waals surface area contributed by atoms with E-state index < -0.39 is 5.97 Å². The molecule has 1 fully saturated rings. The third kappa shape index (κ3) is 2.06. The molecule has 0 unspecified atom stereocenters. The van der Waals surface area contributed by atoms with E-state index >= 15 is 0 Å². The number of benzene rings is 1. The molecule has 0 amide bonds. The van der Waals surface area contributed by atoms with E-state index in [2.05, 4.69) is 16.0 Å². The minimum atomic E-state index is -0.694. The second-order valence-electron chi connectivity index (χ2n) is 4.59. The van der Waals surface area contributed by atoms with Crippen LogP contribution in [0.3, 0.4) is 0 Å². The summed E-state index contributed by atoms with van der Waals surface area (Å²) in [5.41, 5.74) is 0.995. The van der Waals surface area contributed by atoms with Crippen molar-refractivity contribution in [2.45, 2.75) is 12.8 Å². The number of hydrogen-bond donors (Lipinski definition) is 1. The Morgan fingerprint density at radius 1 is 1.44 bits per heavy atom. The van der Waals surface area contributed by atoms with Gasteiger partial charge in [-0.05, 0) is 25.0 Å². The summed E-state index contributed by atoms with van der Waals surface area (Å²) in [6, 6.07) is 8.02. The lowest BCUT2D eigenvalue weighted by Crippen LogP contribution is -2.38. The van der Waals surface area contributed by atoms with Gasteiger partial charge >= 0.3 is 5.97 Å². The summed E-state index contributed by atoms with van der Waals surface area (Å²) in [6.45, 7) is 1.48. The second-order valence-corrected chi connectivity index (χ2v) is 5.60. The zero-order chi connectivity index (χ0) is 12.5. The number of thiazole rings is 1. The third-order valence-corrected chi connectivity index (χ3v) is 4.42. The van der Waals surface area contributed by atoms with Crippen LogP contribution in [0.1, 0.15) is 12.8 Å². The van der Waals surface area contributed by atoms with Gasteiger partial charge in [-0.25, -0.2) is 4.98 Å². The average molecular weight is 262 g/mol. The number of fused-ring (bicyclic) bond motifs is 1. The second kappa shape index (κ2) is 4.57. The van der Waals surface area contributed by atoms with Gasteiger partial charge in [-0.1, -0.05) is 23.5 Å². The molecule has 0 saturated carbocycles. The molecule has 4 nitrogen and oxygen atoms in total. The van der Waals surface area contributed by atoms with E-state index in [1.165, 1.54) is 0 Å². The van der Waals surface area contributed by atoms with Crippen molar-refractivity contribution < 1.29 is 9.90 Å². The van der Waals surface area contributed by atoms with E-state index in [9.17, 15) is 4.79 Å². The van der Waals surface area contributed by atoms with Crippen LogP contribution in [0, 0.1) is 5.92 Å². The molecular formula is C13H14N2O2S. The molecule has 1 aromatic heterocycles. The van der Waals surface area contributed by atoms with Gasteiger partial charge in [0, 0.05) is 13.1 Å². The Labute approximate surface area is 109 Å². The predicted octanol–water partition coefficient (Wildman–Crippen LogP) is 2.60. The number of carboxylic acids is 1. The molecule has 94 valence electrons. The quantitative estimate of drug-likeness (QED) is 0.904. The molecule has 5 heteroatoms. The average Bonchev–Trinajstić information content (AvgIpc) is 2.82. The number of hydrogen-bond acceptors (Lipinski definition) is 4. The fraction of sp³-hybridized carbons (Fsp3) is 0.385. The van der Waals surface area contributed by atoms with Gasteiger partial charge < -0.3 is 10.0 Å². The number of piperidine rings is 1. The number of aromatic nitrogens is 1. The fourth-order valence-electron chi connectivity index (χ4n) is 2.35. The molecule has 1 aliphatic heterocycles. The highest BCUT2D eigenvalue weighted by Gasteiger charge is 2.26. The highest BCUT2D eigenvalue weighted by molar-refractivity contribution is 7.22. The standard InChI is InChI=1S/C13H14N2O2S/c16-12(17)9-4-3-7-15(8-9)13-14-10-5-1-2-6-11(10)18-13/h1-2,5-6,9H,3-4,7-8H2,(H,16,17)/t9-/m0/s1. The van der Waals surface area contributed by atoms with E-state index in [0.29, 0.717) is 6.54 Å². The van der Waals surface area contributed by atoms with Gasteiger partial charge in [0.05, 0.1) is 16.1 Å². The van der Waals surface area contributed by atoms with E-state index in [1.807, 2.05) is 18.2 Å². The molecule has 18 heavy (non-hydrogen) atoms. The van der Waals surface area contributed by atoms with Gasteiger partial charge in [-0.15, -0.1) is 0 Å². The van der Waals surface area contributed by atoms with Crippen LogP contribution in [0.5, 0.6) is 0 Å². The predicted molar refractivity (Wildman–Crippen MR) is 72.2 cm³/mol. The van der Waals surface area contributed by atoms with Crippen LogP contribution in [0.15, 0.2) is 24.3 Å².